The molecule has 158 valence electrons. The molecule has 4 N–H and O–H groups in total. The first-order valence-electron chi connectivity index (χ1n) is 10.1. The summed E-state index contributed by atoms with van der Waals surface area (Å²) in [5, 5.41) is 22.1. The maximum absolute atomic E-state index is 12.5. The first kappa shape index (κ1) is 20.9. The Hall–Kier alpha value is -2.81. The number of fused-ring (bicyclic) bond motifs is 1. The summed E-state index contributed by atoms with van der Waals surface area (Å²) in [4.78, 5) is 14.7. The first-order chi connectivity index (χ1) is 13.7. The van der Waals surface area contributed by atoms with Crippen LogP contribution in [-0.4, -0.2) is 48.3 Å². The average Bonchev–Trinajstić information content (AvgIpc) is 3.33. The number of aromatic amines is 1. The van der Waals surface area contributed by atoms with E-state index in [2.05, 4.69) is 34.0 Å². The van der Waals surface area contributed by atoms with Gasteiger partial charge in [-0.2, -0.15) is 10.2 Å². The van der Waals surface area contributed by atoms with Gasteiger partial charge in [-0.15, -0.1) is 0 Å². The van der Waals surface area contributed by atoms with Crippen molar-refractivity contribution >= 4 is 22.5 Å². The Bertz CT molecular complexity index is 1060. The molecule has 0 bridgehead atoms. The Kier molecular flexibility index (Phi) is 5.70. The van der Waals surface area contributed by atoms with Crippen molar-refractivity contribution in [1.82, 2.24) is 24.5 Å². The minimum atomic E-state index is -0.690. The maximum atomic E-state index is 12.5. The van der Waals surface area contributed by atoms with Crippen LogP contribution in [0.15, 0.2) is 17.1 Å². The fraction of sp³-hybridized carbons (Fsp3) is 0.550. The van der Waals surface area contributed by atoms with Crippen molar-refractivity contribution in [3.05, 3.63) is 22.6 Å². The van der Waals surface area contributed by atoms with Gasteiger partial charge in [0.25, 0.3) is 5.56 Å². The van der Waals surface area contributed by atoms with Gasteiger partial charge in [0.05, 0.1) is 16.8 Å². The predicted molar refractivity (Wildman–Crippen MR) is 116 cm³/mol. The van der Waals surface area contributed by atoms with Crippen LogP contribution >= 0.6 is 0 Å². The molecular formula is C20H31N7O2. The van der Waals surface area contributed by atoms with Crippen LogP contribution in [-0.2, 0) is 13.6 Å². The number of rotatable bonds is 3. The van der Waals surface area contributed by atoms with E-state index in [-0.39, 0.29) is 11.4 Å². The lowest BCUT2D eigenvalue weighted by molar-refractivity contribution is 0.0838. The Balaban J connectivity index is 0.000000755. The van der Waals surface area contributed by atoms with Crippen molar-refractivity contribution < 1.29 is 5.11 Å². The molecule has 1 atom stereocenters. The molecule has 1 saturated heterocycles. The molecule has 3 aromatic rings. The van der Waals surface area contributed by atoms with E-state index in [9.17, 15) is 9.90 Å². The van der Waals surface area contributed by atoms with Crippen LogP contribution in [0.1, 0.15) is 40.5 Å². The predicted octanol–water partition coefficient (Wildman–Crippen LogP) is 2.10. The van der Waals surface area contributed by atoms with Gasteiger partial charge in [-0.3, -0.25) is 14.6 Å². The van der Waals surface area contributed by atoms with Gasteiger partial charge in [0.1, 0.15) is 11.2 Å². The summed E-state index contributed by atoms with van der Waals surface area (Å²) >= 11 is 0. The highest BCUT2D eigenvalue weighted by Crippen LogP contribution is 2.32. The average molecular weight is 402 g/mol. The Morgan fingerprint density at radius 1 is 1.34 bits per heavy atom. The van der Waals surface area contributed by atoms with E-state index in [1.165, 1.54) is 6.42 Å². The number of hydrogen-bond acceptors (Lipinski definition) is 6. The third-order valence-electron chi connectivity index (χ3n) is 5.07. The van der Waals surface area contributed by atoms with Gasteiger partial charge in [-0.05, 0) is 20.3 Å². The molecular weight excluding hydrogens is 370 g/mol. The number of H-pyrrole nitrogens is 1. The van der Waals surface area contributed by atoms with E-state index in [1.54, 1.807) is 15.4 Å². The molecule has 0 spiro atoms. The summed E-state index contributed by atoms with van der Waals surface area (Å²) in [7, 11) is 1.88. The third kappa shape index (κ3) is 3.87. The summed E-state index contributed by atoms with van der Waals surface area (Å²) in [6.45, 7) is 9.86. The van der Waals surface area contributed by atoms with Crippen LogP contribution in [0.3, 0.4) is 0 Å². The molecule has 0 amide bonds. The zero-order valence-electron chi connectivity index (χ0n) is 17.9. The number of nitrogen functional groups attached to an aromatic ring is 1. The van der Waals surface area contributed by atoms with Crippen LogP contribution in [0, 0.1) is 0 Å². The summed E-state index contributed by atoms with van der Waals surface area (Å²) in [6.07, 6.45) is 3.75. The maximum Gasteiger partial charge on any atom is 0.263 e. The largest absolute Gasteiger partial charge is 0.388 e. The molecule has 9 nitrogen and oxygen atoms in total. The summed E-state index contributed by atoms with van der Waals surface area (Å²) < 4.78 is 3.40. The van der Waals surface area contributed by atoms with Crippen molar-refractivity contribution in [3.63, 3.8) is 0 Å². The smallest absolute Gasteiger partial charge is 0.263 e. The molecule has 1 aliphatic heterocycles. The standard InChI is InChI=1S/C17H23N7O2.C3H8/c1-4-23-8-10(14-13(16(23)25)15(18)20-19-14)11-7-12(22(3)21-11)24-6-5-17(2,26)9-24;1-3-2/h7-8,26H,4-6,9H2,1-3H3,(H3,18,19,20);3H2,1-2H3. The van der Waals surface area contributed by atoms with Gasteiger partial charge in [0.2, 0.25) is 0 Å². The molecule has 1 fully saturated rings. The van der Waals surface area contributed by atoms with Crippen LogP contribution in [0.4, 0.5) is 11.6 Å². The van der Waals surface area contributed by atoms with Crippen LogP contribution in [0.25, 0.3) is 22.2 Å². The fourth-order valence-electron chi connectivity index (χ4n) is 3.64. The lowest BCUT2D eigenvalue weighted by Crippen LogP contribution is -2.30. The van der Waals surface area contributed by atoms with E-state index in [0.29, 0.717) is 24.0 Å². The van der Waals surface area contributed by atoms with Gasteiger partial charge >= 0.3 is 0 Å². The first-order valence-corrected chi connectivity index (χ1v) is 10.1. The number of aromatic nitrogens is 5. The molecule has 1 aliphatic rings. The number of anilines is 2. The normalized spacial score (nSPS) is 18.9. The second-order valence-corrected chi connectivity index (χ2v) is 7.88. The van der Waals surface area contributed by atoms with Gasteiger partial charge < -0.3 is 20.3 Å². The second-order valence-electron chi connectivity index (χ2n) is 7.88. The summed E-state index contributed by atoms with van der Waals surface area (Å²) in [6, 6.07) is 1.97. The zero-order valence-corrected chi connectivity index (χ0v) is 17.9. The number of pyridine rings is 1. The SMILES string of the molecule is CCC.CCn1cc(-c2cc(N3CCC(C)(O)C3)n(C)n2)c2[nH]nc(N)c2c1=O. The quantitative estimate of drug-likeness (QED) is 0.619. The monoisotopic (exact) mass is 401 g/mol. The number of aliphatic hydroxyl groups is 1. The second kappa shape index (κ2) is 7.90. The minimum absolute atomic E-state index is 0.163. The van der Waals surface area contributed by atoms with Gasteiger partial charge in [0.15, 0.2) is 5.82 Å². The summed E-state index contributed by atoms with van der Waals surface area (Å²) in [5.41, 5.74) is 7.14. The van der Waals surface area contributed by atoms with Crippen molar-refractivity contribution in [3.8, 4) is 11.3 Å². The van der Waals surface area contributed by atoms with Crippen molar-refractivity contribution in [2.24, 2.45) is 7.05 Å². The van der Waals surface area contributed by atoms with Crippen LogP contribution in [0.2, 0.25) is 0 Å². The van der Waals surface area contributed by atoms with E-state index in [1.807, 2.05) is 27.0 Å². The van der Waals surface area contributed by atoms with E-state index < -0.39 is 5.60 Å². The van der Waals surface area contributed by atoms with Crippen LogP contribution in [0.5, 0.6) is 0 Å². The summed E-state index contributed by atoms with van der Waals surface area (Å²) in [5.74, 6) is 1.12. The van der Waals surface area contributed by atoms with E-state index >= 15 is 0 Å². The number of nitrogens with two attached hydrogens (primary N) is 1. The van der Waals surface area contributed by atoms with Crippen molar-refractivity contribution in [1.29, 1.82) is 0 Å². The topological polar surface area (TPSA) is 118 Å². The highest BCUT2D eigenvalue weighted by atomic mass is 16.3. The minimum Gasteiger partial charge on any atom is -0.388 e. The zero-order chi connectivity index (χ0) is 21.3. The lowest BCUT2D eigenvalue weighted by atomic mass is 10.1. The molecule has 0 radical (unpaired) electrons. The third-order valence-corrected chi connectivity index (χ3v) is 5.07. The molecule has 9 heteroatoms. The number of hydrogen-bond donors (Lipinski definition) is 3. The fourth-order valence-corrected chi connectivity index (χ4v) is 3.64. The lowest BCUT2D eigenvalue weighted by Gasteiger charge is -2.20. The van der Waals surface area contributed by atoms with Gasteiger partial charge in [0, 0.05) is 44.5 Å². The number of nitrogens with one attached hydrogen (secondary N) is 1. The van der Waals surface area contributed by atoms with Gasteiger partial charge in [-0.25, -0.2) is 0 Å². The number of β-amino-alcohol motifs (C(OH)–C–C–N with tert-alkyl or cyclic N) is 1. The molecule has 3 aromatic heterocycles. The van der Waals surface area contributed by atoms with Crippen LogP contribution < -0.4 is 16.2 Å². The van der Waals surface area contributed by atoms with E-state index in [0.717, 1.165) is 30.0 Å². The molecule has 29 heavy (non-hydrogen) atoms. The van der Waals surface area contributed by atoms with Crippen molar-refractivity contribution in [2.45, 2.75) is 52.7 Å². The molecule has 4 heterocycles. The number of aryl methyl sites for hydroxylation is 2. The molecule has 0 aliphatic carbocycles. The molecule has 1 unspecified atom stereocenters. The molecule has 4 rings (SSSR count). The Morgan fingerprint density at radius 2 is 2.03 bits per heavy atom. The van der Waals surface area contributed by atoms with Crippen molar-refractivity contribution in [2.75, 3.05) is 23.7 Å². The highest BCUT2D eigenvalue weighted by molar-refractivity contribution is 5.97. The van der Waals surface area contributed by atoms with E-state index in [4.69, 9.17) is 5.73 Å². The Labute approximate surface area is 170 Å². The Morgan fingerprint density at radius 3 is 2.62 bits per heavy atom. The molecule has 0 aromatic carbocycles. The highest BCUT2D eigenvalue weighted by Gasteiger charge is 2.33. The van der Waals surface area contributed by atoms with Gasteiger partial charge in [-0.1, -0.05) is 20.3 Å². The molecule has 0 saturated carbocycles. The number of nitrogens with zero attached hydrogens (tertiary/aromatic N) is 5.